The predicted octanol–water partition coefficient (Wildman–Crippen LogP) is 3.55. The van der Waals surface area contributed by atoms with Gasteiger partial charge < -0.3 is 4.74 Å². The average molecular weight is 261 g/mol. The normalized spacial score (nSPS) is 12.7. The summed E-state index contributed by atoms with van der Waals surface area (Å²) >= 11 is 11.4. The average Bonchev–Trinajstić information content (AvgIpc) is 2.26. The van der Waals surface area contributed by atoms with Gasteiger partial charge >= 0.3 is 5.97 Å². The van der Waals surface area contributed by atoms with E-state index in [0.29, 0.717) is 10.7 Å². The van der Waals surface area contributed by atoms with Gasteiger partial charge in [-0.3, -0.25) is 0 Å². The number of azo groups is 1. The van der Waals surface area contributed by atoms with Gasteiger partial charge in [-0.15, -0.1) is 0 Å². The van der Waals surface area contributed by atoms with Crippen molar-refractivity contribution >= 4 is 34.9 Å². The van der Waals surface area contributed by atoms with E-state index in [4.69, 9.17) is 23.2 Å². The molecule has 0 amide bonds. The van der Waals surface area contributed by atoms with Crippen LogP contribution in [0.1, 0.15) is 6.92 Å². The third-order valence-electron chi connectivity index (χ3n) is 1.56. The lowest BCUT2D eigenvalue weighted by molar-refractivity contribution is -0.142. The Hall–Kier alpha value is -1.13. The van der Waals surface area contributed by atoms with Crippen molar-refractivity contribution < 1.29 is 9.53 Å². The first-order chi connectivity index (χ1) is 7.63. The van der Waals surface area contributed by atoms with E-state index in [1.165, 1.54) is 0 Å². The van der Waals surface area contributed by atoms with E-state index < -0.39 is 11.5 Å². The van der Waals surface area contributed by atoms with Crippen LogP contribution in [-0.4, -0.2) is 18.1 Å². The first-order valence-corrected chi connectivity index (χ1v) is 5.42. The zero-order chi connectivity index (χ0) is 12.0. The Morgan fingerprint density at radius 2 is 2.31 bits per heavy atom. The van der Waals surface area contributed by atoms with Crippen LogP contribution in [0.5, 0.6) is 0 Å². The highest BCUT2D eigenvalue weighted by atomic mass is 35.5. The molecule has 0 fully saturated rings. The van der Waals surface area contributed by atoms with Gasteiger partial charge in [0.05, 0.1) is 12.3 Å². The Balaban J connectivity index is 2.63. The number of esters is 1. The Morgan fingerprint density at radius 1 is 1.56 bits per heavy atom. The number of benzene rings is 1. The van der Waals surface area contributed by atoms with Crippen LogP contribution in [0.2, 0.25) is 5.02 Å². The molecule has 86 valence electrons. The number of ether oxygens (including phenoxy) is 1. The highest BCUT2D eigenvalue weighted by Gasteiger charge is 2.14. The number of rotatable bonds is 4. The maximum absolute atomic E-state index is 11.1. The van der Waals surface area contributed by atoms with E-state index in [0.717, 1.165) is 0 Å². The molecule has 0 aromatic heterocycles. The van der Waals surface area contributed by atoms with Crippen LogP contribution < -0.4 is 0 Å². The van der Waals surface area contributed by atoms with Gasteiger partial charge in [0.15, 0.2) is 0 Å². The van der Waals surface area contributed by atoms with Crippen molar-refractivity contribution in [1.29, 1.82) is 0 Å². The number of hydrogen-bond acceptors (Lipinski definition) is 4. The molecule has 0 saturated heterocycles. The fourth-order valence-electron chi connectivity index (χ4n) is 0.914. The Morgan fingerprint density at radius 3 is 2.94 bits per heavy atom. The fourth-order valence-corrected chi connectivity index (χ4v) is 1.21. The predicted molar refractivity (Wildman–Crippen MR) is 62.2 cm³/mol. The summed E-state index contributed by atoms with van der Waals surface area (Å²) in [6.45, 7) is 1.95. The van der Waals surface area contributed by atoms with Crippen molar-refractivity contribution in [2.24, 2.45) is 10.2 Å². The summed E-state index contributed by atoms with van der Waals surface area (Å²) in [6.07, 6.45) is 0. The molecular formula is C10H10Cl2N2O2. The summed E-state index contributed by atoms with van der Waals surface area (Å²) in [5.41, 5.74) is -0.596. The minimum Gasteiger partial charge on any atom is -0.463 e. The van der Waals surface area contributed by atoms with Crippen LogP contribution in [-0.2, 0) is 9.53 Å². The van der Waals surface area contributed by atoms with Gasteiger partial charge in [-0.05, 0) is 25.1 Å². The third kappa shape index (κ3) is 4.16. The van der Waals surface area contributed by atoms with Crippen LogP contribution in [0.4, 0.5) is 5.69 Å². The van der Waals surface area contributed by atoms with Gasteiger partial charge in [0.25, 0.3) is 0 Å². The first kappa shape index (κ1) is 12.9. The maximum Gasteiger partial charge on any atom is 0.348 e. The number of nitrogens with zero attached hydrogens (tertiary/aromatic N) is 2. The molecule has 1 unspecified atom stereocenters. The molecule has 1 aromatic carbocycles. The van der Waals surface area contributed by atoms with Gasteiger partial charge in [0.1, 0.15) is 0 Å². The molecule has 4 nitrogen and oxygen atoms in total. The number of alkyl halides is 1. The molecule has 1 rings (SSSR count). The van der Waals surface area contributed by atoms with Crippen LogP contribution >= 0.6 is 23.2 Å². The number of carbonyl (C=O) groups is 1. The third-order valence-corrected chi connectivity index (χ3v) is 2.06. The van der Waals surface area contributed by atoms with Crippen LogP contribution in [0.15, 0.2) is 34.5 Å². The summed E-state index contributed by atoms with van der Waals surface area (Å²) in [4.78, 5) is 11.1. The molecular weight excluding hydrogens is 251 g/mol. The number of carbonyl (C=O) groups excluding carboxylic acids is 1. The molecule has 16 heavy (non-hydrogen) atoms. The lowest BCUT2D eigenvalue weighted by Gasteiger charge is -2.02. The Bertz CT molecular complexity index is 396. The summed E-state index contributed by atoms with van der Waals surface area (Å²) in [6, 6.07) is 6.75. The Kier molecular flexibility index (Phi) is 5.22. The summed E-state index contributed by atoms with van der Waals surface area (Å²) in [5, 5.41) is 7.93. The lowest BCUT2D eigenvalue weighted by atomic mass is 10.3. The lowest BCUT2D eigenvalue weighted by Crippen LogP contribution is -2.14. The molecule has 0 N–H and O–H groups in total. The molecule has 6 heteroatoms. The van der Waals surface area contributed by atoms with E-state index >= 15 is 0 Å². The van der Waals surface area contributed by atoms with E-state index in [1.54, 1.807) is 31.2 Å². The van der Waals surface area contributed by atoms with Gasteiger partial charge in [-0.1, -0.05) is 29.3 Å². The van der Waals surface area contributed by atoms with E-state index in [-0.39, 0.29) is 6.61 Å². The first-order valence-electron chi connectivity index (χ1n) is 4.60. The molecule has 1 atom stereocenters. The second kappa shape index (κ2) is 6.45. The van der Waals surface area contributed by atoms with Crippen molar-refractivity contribution in [2.75, 3.05) is 6.61 Å². The topological polar surface area (TPSA) is 51.0 Å². The van der Waals surface area contributed by atoms with Crippen LogP contribution in [0.25, 0.3) is 0 Å². The van der Waals surface area contributed by atoms with Gasteiger partial charge in [0, 0.05) is 5.02 Å². The van der Waals surface area contributed by atoms with Gasteiger partial charge in [-0.2, -0.15) is 10.2 Å². The number of hydrogen-bond donors (Lipinski definition) is 0. The quantitative estimate of drug-likeness (QED) is 0.360. The van der Waals surface area contributed by atoms with Crippen LogP contribution in [0.3, 0.4) is 0 Å². The summed E-state index contributed by atoms with van der Waals surface area (Å²) in [7, 11) is 0. The fraction of sp³-hybridized carbons (Fsp3) is 0.300. The number of halogens is 2. The van der Waals surface area contributed by atoms with Gasteiger partial charge in [-0.25, -0.2) is 4.79 Å². The second-order valence-corrected chi connectivity index (χ2v) is 3.63. The van der Waals surface area contributed by atoms with Crippen molar-refractivity contribution in [3.8, 4) is 0 Å². The zero-order valence-electron chi connectivity index (χ0n) is 8.56. The minimum absolute atomic E-state index is 0.259. The van der Waals surface area contributed by atoms with Crippen molar-refractivity contribution in [3.05, 3.63) is 29.3 Å². The van der Waals surface area contributed by atoms with Gasteiger partial charge in [0.2, 0.25) is 5.50 Å². The highest BCUT2D eigenvalue weighted by molar-refractivity contribution is 6.30. The second-order valence-electron chi connectivity index (χ2n) is 2.78. The standard InChI is InChI=1S/C10H10Cl2N2O2/c1-2-16-10(15)9(12)14-13-8-5-3-4-7(11)6-8/h3-6,9H,2H2,1H3. The van der Waals surface area contributed by atoms with Crippen molar-refractivity contribution in [2.45, 2.75) is 12.4 Å². The molecule has 0 spiro atoms. The smallest absolute Gasteiger partial charge is 0.348 e. The minimum atomic E-state index is -1.13. The Labute approximate surface area is 103 Å². The molecule has 0 radical (unpaired) electrons. The van der Waals surface area contributed by atoms with Crippen molar-refractivity contribution in [1.82, 2.24) is 0 Å². The molecule has 0 aliphatic rings. The molecule has 0 bridgehead atoms. The van der Waals surface area contributed by atoms with E-state index in [2.05, 4.69) is 15.0 Å². The van der Waals surface area contributed by atoms with Crippen LogP contribution in [0, 0.1) is 0 Å². The largest absolute Gasteiger partial charge is 0.463 e. The molecule has 0 aliphatic carbocycles. The SMILES string of the molecule is CCOC(=O)C(Cl)N=Nc1cccc(Cl)c1. The summed E-state index contributed by atoms with van der Waals surface area (Å²) < 4.78 is 4.67. The van der Waals surface area contributed by atoms with Crippen molar-refractivity contribution in [3.63, 3.8) is 0 Å². The van der Waals surface area contributed by atoms with E-state index in [9.17, 15) is 4.79 Å². The molecule has 0 aliphatic heterocycles. The maximum atomic E-state index is 11.1. The molecule has 1 aromatic rings. The molecule has 0 saturated carbocycles. The molecule has 0 heterocycles. The van der Waals surface area contributed by atoms with E-state index in [1.807, 2.05) is 0 Å². The zero-order valence-corrected chi connectivity index (χ0v) is 10.1. The highest BCUT2D eigenvalue weighted by Crippen LogP contribution is 2.19. The summed E-state index contributed by atoms with van der Waals surface area (Å²) in [5.74, 6) is -0.616. The monoisotopic (exact) mass is 260 g/mol.